The van der Waals surface area contributed by atoms with Gasteiger partial charge in [-0.25, -0.2) is 0 Å². The number of hydrogen-bond acceptors (Lipinski definition) is 4. The van der Waals surface area contributed by atoms with E-state index < -0.39 is 10.2 Å². The molecule has 0 aliphatic heterocycles. The van der Waals surface area contributed by atoms with Crippen LogP contribution in [0.2, 0.25) is 0 Å². The molecule has 0 aromatic carbocycles. The van der Waals surface area contributed by atoms with E-state index in [1.807, 2.05) is 0 Å². The molecule has 0 radical (unpaired) electrons. The van der Waals surface area contributed by atoms with E-state index in [0.717, 1.165) is 0 Å². The fourth-order valence-electron chi connectivity index (χ4n) is 0. The fourth-order valence-corrected chi connectivity index (χ4v) is 0. The predicted octanol–water partition coefficient (Wildman–Crippen LogP) is -4.95. The van der Waals surface area contributed by atoms with Crippen LogP contribution in [0.25, 0.3) is 0 Å². The third kappa shape index (κ3) is 378. The summed E-state index contributed by atoms with van der Waals surface area (Å²) in [6.07, 6.45) is 0. The first kappa shape index (κ1) is 15.6. The molecule has 5 nitrogen and oxygen atoms in total. The molecule has 0 unspecified atom stereocenters. The molecule has 0 aliphatic rings. The van der Waals surface area contributed by atoms with Gasteiger partial charge in [-0.2, -0.15) is 14.0 Å². The van der Waals surface area contributed by atoms with Gasteiger partial charge >= 0.3 is 0 Å². The van der Waals surface area contributed by atoms with Crippen molar-refractivity contribution in [3.63, 3.8) is 0 Å². The van der Waals surface area contributed by atoms with Crippen molar-refractivity contribution in [3.05, 3.63) is 0 Å². The van der Waals surface area contributed by atoms with Gasteiger partial charge in [0.2, 0.25) is 0 Å². The van der Waals surface area contributed by atoms with Crippen LogP contribution < -0.4 is 14.0 Å². The van der Waals surface area contributed by atoms with Gasteiger partial charge in [0.15, 0.2) is 0 Å². The summed E-state index contributed by atoms with van der Waals surface area (Å²) in [4.78, 5) is 0. The summed E-state index contributed by atoms with van der Waals surface area (Å²) in [7, 11) is -4.69. The molecular formula is H3ClFeO5. The van der Waals surface area contributed by atoms with Gasteiger partial charge in [0.25, 0.3) is 0 Å². The van der Waals surface area contributed by atoms with Crippen LogP contribution in [0.4, 0.5) is 0 Å². The quantitative estimate of drug-likeness (QED) is 0.370. The van der Waals surface area contributed by atoms with Crippen molar-refractivity contribution in [2.75, 3.05) is 0 Å². The molecule has 7 heavy (non-hydrogen) atoms. The third-order valence-corrected chi connectivity index (χ3v) is 0. The van der Waals surface area contributed by atoms with Gasteiger partial charge in [0.05, 0.1) is 14.9 Å². The first-order valence-corrected chi connectivity index (χ1v) is 1.90. The van der Waals surface area contributed by atoms with Crippen molar-refractivity contribution < 1.29 is 51.4 Å². The Balaban J connectivity index is -0.0000000800. The van der Waals surface area contributed by atoms with Crippen molar-refractivity contribution in [1.29, 1.82) is 0 Å². The number of rotatable bonds is 0. The maximum Gasteiger partial charge on any atom is 0.0777 e. The second-order valence-corrected chi connectivity index (χ2v) is 1.19. The molecule has 7 heteroatoms. The summed E-state index contributed by atoms with van der Waals surface area (Å²) in [5.74, 6) is 0. The third-order valence-electron chi connectivity index (χ3n) is 0. The molecule has 0 aromatic rings. The summed E-state index contributed by atoms with van der Waals surface area (Å²) in [6, 6.07) is 0. The smallest absolute Gasteiger partial charge is 0.0777 e. The first-order chi connectivity index (χ1) is 2.00. The molecule has 3 N–H and O–H groups in total. The fraction of sp³-hybridized carbons (Fsp3) is 0. The second-order valence-electron chi connectivity index (χ2n) is 0.396. The van der Waals surface area contributed by atoms with Gasteiger partial charge in [0.1, 0.15) is 0 Å². The van der Waals surface area contributed by atoms with Crippen LogP contribution in [0.5, 0.6) is 0 Å². The molecule has 0 aromatic heterocycles. The largest absolute Gasteiger partial charge is 0.412 e. The summed E-state index contributed by atoms with van der Waals surface area (Å²) in [5, 5.41) is 0. The van der Waals surface area contributed by atoms with Crippen LogP contribution in [0.1, 0.15) is 0 Å². The van der Waals surface area contributed by atoms with Crippen LogP contribution in [0.15, 0.2) is 0 Å². The van der Waals surface area contributed by atoms with Crippen molar-refractivity contribution in [3.8, 4) is 0 Å². The molecule has 0 rings (SSSR count). The average molecular weight is 174 g/mol. The molecule has 0 fully saturated rings. The Morgan fingerprint density at radius 3 is 1.14 bits per heavy atom. The standard InChI is InChI=1S/ClHO4.Fe.H2O/c2-1(3,4)5;;/h(H,2,3,4,5);;1H2. The predicted molar refractivity (Wildman–Crippen MR) is 5.83 cm³/mol. The van der Waals surface area contributed by atoms with Gasteiger partial charge in [-0.15, -0.1) is 0 Å². The summed E-state index contributed by atoms with van der Waals surface area (Å²) >= 11 is 0. The zero-order valence-electron chi connectivity index (χ0n) is 2.90. The maximum atomic E-state index is 8.60. The van der Waals surface area contributed by atoms with Crippen molar-refractivity contribution >= 4 is 0 Å². The minimum absolute atomic E-state index is 0. The summed E-state index contributed by atoms with van der Waals surface area (Å²) in [5.41, 5.74) is 0. The summed E-state index contributed by atoms with van der Waals surface area (Å²) in [6.45, 7) is 0. The zero-order valence-corrected chi connectivity index (χ0v) is 4.76. The Kier molecular flexibility index (Phi) is 10.6. The molecule has 0 saturated heterocycles. The SMILES string of the molecule is O.[Fe].[O-][Cl+3]([O-])([O-])O. The molecule has 0 amide bonds. The van der Waals surface area contributed by atoms with Gasteiger partial charge in [-0.1, -0.05) is 0 Å². The molecular weight excluding hydrogens is 171 g/mol. The number of halogens is 1. The zero-order chi connectivity index (χ0) is 4.50. The van der Waals surface area contributed by atoms with E-state index in [2.05, 4.69) is 0 Å². The van der Waals surface area contributed by atoms with E-state index in [9.17, 15) is 0 Å². The topological polar surface area (TPSA) is 121 Å². The molecule has 48 valence electrons. The van der Waals surface area contributed by atoms with Crippen LogP contribution in [-0.4, -0.2) is 10.1 Å². The van der Waals surface area contributed by atoms with Crippen molar-refractivity contribution in [2.45, 2.75) is 0 Å². The first-order valence-electron chi connectivity index (χ1n) is 0.632. The monoisotopic (exact) mass is 174 g/mol. The Labute approximate surface area is 52.1 Å². The Hall–Kier alpha value is 0.609. The van der Waals surface area contributed by atoms with Gasteiger partial charge in [-0.05, 0) is 0 Å². The Bertz CT molecular complexity index is 23.6. The van der Waals surface area contributed by atoms with Gasteiger partial charge < -0.3 is 5.48 Å². The number of hydrogen-bond donors (Lipinski definition) is 1. The summed E-state index contributed by atoms with van der Waals surface area (Å²) < 4.78 is 32.7. The molecule has 0 saturated carbocycles. The minimum Gasteiger partial charge on any atom is -0.412 e. The van der Waals surface area contributed by atoms with E-state index in [0.29, 0.717) is 0 Å². The molecule has 0 heterocycles. The average Bonchev–Trinajstić information content (AvgIpc) is 0.722. The minimum atomic E-state index is -4.69. The van der Waals surface area contributed by atoms with E-state index in [1.165, 1.54) is 0 Å². The van der Waals surface area contributed by atoms with E-state index >= 15 is 0 Å². The normalized spacial score (nSPS) is 8.57. The van der Waals surface area contributed by atoms with E-state index in [1.54, 1.807) is 0 Å². The van der Waals surface area contributed by atoms with Gasteiger partial charge in [-0.3, -0.25) is 0 Å². The Morgan fingerprint density at radius 2 is 1.14 bits per heavy atom. The second kappa shape index (κ2) is 4.76. The maximum absolute atomic E-state index is 8.60. The van der Waals surface area contributed by atoms with Gasteiger partial charge in [0, 0.05) is 17.1 Å². The molecule has 0 atom stereocenters. The van der Waals surface area contributed by atoms with Crippen LogP contribution in [0.3, 0.4) is 0 Å². The Morgan fingerprint density at radius 1 is 1.14 bits per heavy atom. The molecule has 0 spiro atoms. The van der Waals surface area contributed by atoms with Crippen LogP contribution in [0, 0.1) is 10.2 Å². The molecule has 0 aliphatic carbocycles. The van der Waals surface area contributed by atoms with Crippen molar-refractivity contribution in [2.24, 2.45) is 0 Å². The van der Waals surface area contributed by atoms with E-state index in [4.69, 9.17) is 18.6 Å². The van der Waals surface area contributed by atoms with Crippen LogP contribution in [-0.2, 0) is 17.1 Å². The van der Waals surface area contributed by atoms with Crippen molar-refractivity contribution in [1.82, 2.24) is 0 Å². The van der Waals surface area contributed by atoms with E-state index in [-0.39, 0.29) is 22.5 Å². The van der Waals surface area contributed by atoms with Crippen LogP contribution >= 0.6 is 0 Å². The molecule has 0 bridgehead atoms.